The molecule has 24 heavy (non-hydrogen) atoms. The Hall–Kier alpha value is -2.70. The van der Waals surface area contributed by atoms with E-state index in [4.69, 9.17) is 5.73 Å². The van der Waals surface area contributed by atoms with Crippen molar-refractivity contribution in [2.45, 2.75) is 38.1 Å². The number of nitrogens with one attached hydrogen (secondary N) is 1. The van der Waals surface area contributed by atoms with Gasteiger partial charge in [-0.1, -0.05) is 12.8 Å². The van der Waals surface area contributed by atoms with E-state index < -0.39 is 0 Å². The van der Waals surface area contributed by atoms with Crippen LogP contribution in [0.5, 0.6) is 0 Å². The number of H-pyrrole nitrogens is 1. The summed E-state index contributed by atoms with van der Waals surface area (Å²) < 4.78 is 1.90. The minimum absolute atomic E-state index is 0.0299. The Morgan fingerprint density at radius 1 is 1.38 bits per heavy atom. The highest BCUT2D eigenvalue weighted by Gasteiger charge is 2.28. The van der Waals surface area contributed by atoms with Gasteiger partial charge >= 0.3 is 0 Å². The molecule has 3 aromatic rings. The molecule has 0 aliphatic heterocycles. The van der Waals surface area contributed by atoms with E-state index in [-0.39, 0.29) is 11.9 Å². The monoisotopic (exact) mass is 324 g/mol. The van der Waals surface area contributed by atoms with Crippen molar-refractivity contribution in [3.63, 3.8) is 0 Å². The molecule has 0 bridgehead atoms. The first-order valence-corrected chi connectivity index (χ1v) is 8.33. The summed E-state index contributed by atoms with van der Waals surface area (Å²) >= 11 is 0. The van der Waals surface area contributed by atoms with Crippen molar-refractivity contribution < 1.29 is 4.79 Å². The van der Waals surface area contributed by atoms with E-state index in [1.54, 1.807) is 12.5 Å². The van der Waals surface area contributed by atoms with Crippen molar-refractivity contribution in [3.05, 3.63) is 31.0 Å². The van der Waals surface area contributed by atoms with E-state index in [2.05, 4.69) is 20.1 Å². The summed E-state index contributed by atoms with van der Waals surface area (Å²) in [6.45, 7) is 0. The molecular formula is C17H20N6O. The van der Waals surface area contributed by atoms with Crippen molar-refractivity contribution in [3.8, 4) is 11.3 Å². The van der Waals surface area contributed by atoms with E-state index >= 15 is 0 Å². The summed E-state index contributed by atoms with van der Waals surface area (Å²) in [4.78, 5) is 23.2. The lowest BCUT2D eigenvalue weighted by Crippen LogP contribution is -2.24. The second-order valence-electron chi connectivity index (χ2n) is 6.45. The fraction of sp³-hybridized carbons (Fsp3) is 0.412. The molecule has 0 spiro atoms. The number of nitrogens with two attached hydrogens (primary N) is 1. The maximum atomic E-state index is 11.5. The van der Waals surface area contributed by atoms with Crippen molar-refractivity contribution in [2.24, 2.45) is 11.7 Å². The molecule has 1 unspecified atom stereocenters. The van der Waals surface area contributed by atoms with Crippen LogP contribution < -0.4 is 5.73 Å². The first-order chi connectivity index (χ1) is 11.7. The Balaban J connectivity index is 1.69. The lowest BCUT2D eigenvalue weighted by molar-refractivity contribution is -0.119. The van der Waals surface area contributed by atoms with Crippen molar-refractivity contribution in [2.75, 3.05) is 0 Å². The molecule has 1 atom stereocenters. The number of primary amides is 1. The number of hydrogen-bond acceptors (Lipinski definition) is 4. The van der Waals surface area contributed by atoms with Gasteiger partial charge in [-0.05, 0) is 24.8 Å². The maximum Gasteiger partial charge on any atom is 0.219 e. The molecule has 7 heteroatoms. The number of nitrogens with zero attached hydrogens (tertiary/aromatic N) is 4. The Morgan fingerprint density at radius 2 is 2.21 bits per heavy atom. The third-order valence-corrected chi connectivity index (χ3v) is 4.92. The van der Waals surface area contributed by atoms with Crippen LogP contribution in [0, 0.1) is 5.92 Å². The number of carbonyl (C=O) groups excluding carboxylic acids is 1. The molecule has 1 aliphatic carbocycles. The summed E-state index contributed by atoms with van der Waals surface area (Å²) in [5, 5.41) is 5.48. The minimum Gasteiger partial charge on any atom is -0.370 e. The molecule has 1 amide bonds. The van der Waals surface area contributed by atoms with Crippen LogP contribution in [0.15, 0.2) is 31.0 Å². The number of amides is 1. The fourth-order valence-corrected chi connectivity index (χ4v) is 3.77. The van der Waals surface area contributed by atoms with E-state index in [0.29, 0.717) is 12.3 Å². The van der Waals surface area contributed by atoms with Gasteiger partial charge in [0.15, 0.2) is 0 Å². The van der Waals surface area contributed by atoms with Crippen LogP contribution in [0.1, 0.15) is 38.1 Å². The normalized spacial score (nSPS) is 16.7. The molecule has 1 aliphatic rings. The fourth-order valence-electron chi connectivity index (χ4n) is 3.77. The summed E-state index contributed by atoms with van der Waals surface area (Å²) in [6.07, 6.45) is 12.2. The van der Waals surface area contributed by atoms with Crippen LogP contribution in [0.2, 0.25) is 0 Å². The van der Waals surface area contributed by atoms with Crippen LogP contribution in [-0.2, 0) is 4.79 Å². The molecule has 7 nitrogen and oxygen atoms in total. The molecular weight excluding hydrogens is 304 g/mol. The van der Waals surface area contributed by atoms with Crippen LogP contribution >= 0.6 is 0 Å². The van der Waals surface area contributed by atoms with Crippen LogP contribution in [0.3, 0.4) is 0 Å². The number of aromatic nitrogens is 5. The summed E-state index contributed by atoms with van der Waals surface area (Å²) in [6, 6.07) is 1.99. The third kappa shape index (κ3) is 2.66. The lowest BCUT2D eigenvalue weighted by atomic mass is 9.95. The zero-order valence-electron chi connectivity index (χ0n) is 13.4. The molecule has 0 aromatic carbocycles. The number of rotatable bonds is 5. The molecule has 124 valence electrons. The summed E-state index contributed by atoms with van der Waals surface area (Å²) in [7, 11) is 0. The van der Waals surface area contributed by atoms with Gasteiger partial charge < -0.3 is 10.7 Å². The van der Waals surface area contributed by atoms with Crippen LogP contribution in [0.25, 0.3) is 22.3 Å². The Labute approximate surface area is 139 Å². The van der Waals surface area contributed by atoms with Crippen molar-refractivity contribution >= 4 is 16.9 Å². The van der Waals surface area contributed by atoms with E-state index in [1.165, 1.54) is 12.8 Å². The zero-order valence-corrected chi connectivity index (χ0v) is 13.4. The average molecular weight is 324 g/mol. The van der Waals surface area contributed by atoms with Crippen molar-refractivity contribution in [1.29, 1.82) is 0 Å². The van der Waals surface area contributed by atoms with E-state index in [0.717, 1.165) is 35.1 Å². The lowest BCUT2D eigenvalue weighted by Gasteiger charge is -2.22. The van der Waals surface area contributed by atoms with Gasteiger partial charge in [-0.3, -0.25) is 9.48 Å². The molecule has 3 heterocycles. The van der Waals surface area contributed by atoms with Crippen LogP contribution in [-0.4, -0.2) is 30.6 Å². The maximum absolute atomic E-state index is 11.5. The molecule has 0 saturated heterocycles. The van der Waals surface area contributed by atoms with Gasteiger partial charge in [0.1, 0.15) is 12.0 Å². The molecule has 1 fully saturated rings. The van der Waals surface area contributed by atoms with Gasteiger partial charge in [-0.15, -0.1) is 0 Å². The van der Waals surface area contributed by atoms with Gasteiger partial charge in [-0.25, -0.2) is 9.97 Å². The summed E-state index contributed by atoms with van der Waals surface area (Å²) in [5.41, 5.74) is 8.04. The SMILES string of the molecule is NC(=O)CC(C1CCCC1)n1cc(-c2ncnc3[nH]ccc23)cn1. The number of carbonyl (C=O) groups is 1. The third-order valence-electron chi connectivity index (χ3n) is 4.92. The van der Waals surface area contributed by atoms with Gasteiger partial charge in [-0.2, -0.15) is 5.10 Å². The van der Waals surface area contributed by atoms with Gasteiger partial charge in [0.25, 0.3) is 0 Å². The quantitative estimate of drug-likeness (QED) is 0.752. The Bertz CT molecular complexity index is 861. The van der Waals surface area contributed by atoms with Crippen molar-refractivity contribution in [1.82, 2.24) is 24.7 Å². The minimum atomic E-state index is -0.279. The van der Waals surface area contributed by atoms with E-state index in [1.807, 2.05) is 23.1 Å². The van der Waals surface area contributed by atoms with Crippen LogP contribution in [0.4, 0.5) is 0 Å². The molecule has 3 aromatic heterocycles. The first kappa shape index (κ1) is 14.9. The van der Waals surface area contributed by atoms with Gasteiger partial charge in [0.05, 0.1) is 17.9 Å². The number of hydrogen-bond donors (Lipinski definition) is 2. The number of aromatic amines is 1. The largest absolute Gasteiger partial charge is 0.370 e. The average Bonchev–Trinajstić information content (AvgIpc) is 3.32. The Kier molecular flexibility index (Phi) is 3.76. The van der Waals surface area contributed by atoms with E-state index in [9.17, 15) is 4.79 Å². The number of fused-ring (bicyclic) bond motifs is 1. The Morgan fingerprint density at radius 3 is 3.00 bits per heavy atom. The van der Waals surface area contributed by atoms with Gasteiger partial charge in [0.2, 0.25) is 5.91 Å². The predicted octanol–water partition coefficient (Wildman–Crippen LogP) is 2.43. The second-order valence-corrected chi connectivity index (χ2v) is 6.45. The topological polar surface area (TPSA) is 102 Å². The second kappa shape index (κ2) is 6.07. The molecule has 1 saturated carbocycles. The molecule has 0 radical (unpaired) electrons. The first-order valence-electron chi connectivity index (χ1n) is 8.33. The molecule has 3 N–H and O–H groups in total. The zero-order chi connectivity index (χ0) is 16.5. The highest BCUT2D eigenvalue weighted by molar-refractivity contribution is 5.90. The molecule has 4 rings (SSSR count). The predicted molar refractivity (Wildman–Crippen MR) is 89.9 cm³/mol. The summed E-state index contributed by atoms with van der Waals surface area (Å²) in [5.74, 6) is 0.182. The standard InChI is InChI=1S/C17H20N6O/c18-15(24)7-14(11-3-1-2-4-11)23-9-12(8-22-23)16-13-5-6-19-17(13)21-10-20-16/h5-6,8-11,14H,1-4,7H2,(H2,18,24)(H,19,20,21). The highest BCUT2D eigenvalue weighted by atomic mass is 16.1. The van der Waals surface area contributed by atoms with Gasteiger partial charge in [0, 0.05) is 29.8 Å². The smallest absolute Gasteiger partial charge is 0.219 e. The highest BCUT2D eigenvalue weighted by Crippen LogP contribution is 2.36.